The average molecular weight is 376 g/mol. The summed E-state index contributed by atoms with van der Waals surface area (Å²) in [5.41, 5.74) is -0.380. The molecule has 9 heteroatoms. The third-order valence-corrected chi connectivity index (χ3v) is 6.94. The number of hydrogen-bond acceptors (Lipinski definition) is 7. The fourth-order valence-electron chi connectivity index (χ4n) is 1.20. The normalized spacial score (nSPS) is 14.4. The lowest BCUT2D eigenvalue weighted by molar-refractivity contribution is 0.0933. The first-order valence-corrected chi connectivity index (χ1v) is 11.6. The summed E-state index contributed by atoms with van der Waals surface area (Å²) in [5.74, 6) is 2.04. The molecule has 0 fully saturated rings. The Labute approximate surface area is 141 Å². The molecule has 0 aliphatic rings. The molecule has 0 spiro atoms. The lowest BCUT2D eigenvalue weighted by Crippen LogP contribution is -2.08. The van der Waals surface area contributed by atoms with E-state index in [0.29, 0.717) is 26.4 Å². The van der Waals surface area contributed by atoms with Gasteiger partial charge in [0.15, 0.2) is 0 Å². The first-order valence-electron chi connectivity index (χ1n) is 7.48. The molecular weight excluding hydrogens is 347 g/mol. The molecule has 0 aromatic heterocycles. The van der Waals surface area contributed by atoms with Crippen LogP contribution in [0.4, 0.5) is 0 Å². The highest BCUT2D eigenvalue weighted by Gasteiger charge is 2.23. The highest BCUT2D eigenvalue weighted by Crippen LogP contribution is 2.46. The van der Waals surface area contributed by atoms with Gasteiger partial charge in [-0.2, -0.15) is 0 Å². The van der Waals surface area contributed by atoms with E-state index in [1.54, 1.807) is 24.6 Å². The van der Waals surface area contributed by atoms with E-state index in [0.717, 1.165) is 24.3 Å². The Morgan fingerprint density at radius 3 is 2.00 bits per heavy atom. The largest absolute Gasteiger partial charge is 0.394 e. The van der Waals surface area contributed by atoms with Gasteiger partial charge in [0.05, 0.1) is 32.1 Å². The fourth-order valence-corrected chi connectivity index (χ4v) is 3.96. The van der Waals surface area contributed by atoms with E-state index in [2.05, 4.69) is 0 Å². The van der Waals surface area contributed by atoms with E-state index in [4.69, 9.17) is 19.1 Å². The molecule has 0 aromatic carbocycles. The van der Waals surface area contributed by atoms with Crippen molar-refractivity contribution >= 4 is 29.2 Å². The molecule has 6 nitrogen and oxygen atoms in total. The summed E-state index contributed by atoms with van der Waals surface area (Å²) in [7, 11) is 0.155. The number of rotatable bonds is 16. The van der Waals surface area contributed by atoms with E-state index >= 15 is 0 Å². The maximum absolute atomic E-state index is 11.5. The summed E-state index contributed by atoms with van der Waals surface area (Å²) < 4.78 is 26.9. The van der Waals surface area contributed by atoms with Crippen LogP contribution in [0, 0.1) is 0 Å². The standard InChI is InChI=1S/C13H29O6PS2/c1-13(2)20(15,16)19-10-9-18-7-4-12-22-21-11-3-6-17-8-5-14/h13-14H,3-12H2,1-2H3,(H,15,16). The van der Waals surface area contributed by atoms with Crippen molar-refractivity contribution in [3.05, 3.63) is 0 Å². The molecule has 1 atom stereocenters. The number of aliphatic hydroxyl groups is 1. The van der Waals surface area contributed by atoms with Crippen LogP contribution in [-0.2, 0) is 18.6 Å². The molecule has 0 aliphatic carbocycles. The second-order valence-corrected chi connectivity index (χ2v) is 9.91. The quantitative estimate of drug-likeness (QED) is 0.242. The Balaban J connectivity index is 3.16. The zero-order valence-corrected chi connectivity index (χ0v) is 16.0. The summed E-state index contributed by atoms with van der Waals surface area (Å²) in [6.07, 6.45) is 1.93. The van der Waals surface area contributed by atoms with Gasteiger partial charge in [-0.05, 0) is 12.8 Å². The van der Waals surface area contributed by atoms with E-state index in [9.17, 15) is 9.46 Å². The number of aliphatic hydroxyl groups excluding tert-OH is 1. The van der Waals surface area contributed by atoms with Crippen LogP contribution in [0.15, 0.2) is 0 Å². The summed E-state index contributed by atoms with van der Waals surface area (Å²) >= 11 is 0. The van der Waals surface area contributed by atoms with Crippen LogP contribution < -0.4 is 0 Å². The summed E-state index contributed by atoms with van der Waals surface area (Å²) in [5, 5.41) is 8.53. The topological polar surface area (TPSA) is 85.2 Å². The van der Waals surface area contributed by atoms with Gasteiger partial charge >= 0.3 is 7.60 Å². The van der Waals surface area contributed by atoms with E-state index in [1.807, 2.05) is 10.8 Å². The summed E-state index contributed by atoms with van der Waals surface area (Å²) in [6.45, 7) is 5.65. The number of ether oxygens (including phenoxy) is 2. The molecule has 0 aliphatic heterocycles. The van der Waals surface area contributed by atoms with Crippen molar-refractivity contribution in [3.63, 3.8) is 0 Å². The second kappa shape index (κ2) is 15.3. The van der Waals surface area contributed by atoms with Crippen LogP contribution >= 0.6 is 29.2 Å². The van der Waals surface area contributed by atoms with Crippen molar-refractivity contribution < 1.29 is 28.6 Å². The minimum absolute atomic E-state index is 0.0836. The molecule has 0 rings (SSSR count). The minimum Gasteiger partial charge on any atom is -0.394 e. The van der Waals surface area contributed by atoms with Crippen molar-refractivity contribution in [2.24, 2.45) is 0 Å². The first-order chi connectivity index (χ1) is 10.5. The smallest absolute Gasteiger partial charge is 0.330 e. The Morgan fingerprint density at radius 1 is 0.955 bits per heavy atom. The van der Waals surface area contributed by atoms with Crippen molar-refractivity contribution in [3.8, 4) is 0 Å². The summed E-state index contributed by atoms with van der Waals surface area (Å²) in [4.78, 5) is 9.43. The first kappa shape index (κ1) is 22.7. The third kappa shape index (κ3) is 14.3. The molecular formula is C13H29O6PS2. The van der Waals surface area contributed by atoms with Gasteiger partial charge in [-0.15, -0.1) is 0 Å². The average Bonchev–Trinajstić information content (AvgIpc) is 2.47. The van der Waals surface area contributed by atoms with Crippen LogP contribution in [0.3, 0.4) is 0 Å². The predicted molar refractivity (Wildman–Crippen MR) is 93.8 cm³/mol. The predicted octanol–water partition coefficient (Wildman–Crippen LogP) is 2.78. The van der Waals surface area contributed by atoms with Crippen LogP contribution in [0.25, 0.3) is 0 Å². The van der Waals surface area contributed by atoms with Gasteiger partial charge in [-0.25, -0.2) is 0 Å². The molecule has 0 amide bonds. The zero-order valence-electron chi connectivity index (χ0n) is 13.4. The maximum atomic E-state index is 11.5. The van der Waals surface area contributed by atoms with E-state index in [1.165, 1.54) is 0 Å². The molecule has 2 N–H and O–H groups in total. The van der Waals surface area contributed by atoms with Gasteiger partial charge in [-0.1, -0.05) is 35.4 Å². The van der Waals surface area contributed by atoms with Gasteiger partial charge in [0.1, 0.15) is 0 Å². The van der Waals surface area contributed by atoms with Gasteiger partial charge in [-0.3, -0.25) is 4.57 Å². The van der Waals surface area contributed by atoms with E-state index in [-0.39, 0.29) is 18.9 Å². The van der Waals surface area contributed by atoms with Crippen molar-refractivity contribution in [2.45, 2.75) is 32.3 Å². The van der Waals surface area contributed by atoms with Crippen LogP contribution in [0.5, 0.6) is 0 Å². The lowest BCUT2D eigenvalue weighted by atomic mass is 10.5. The molecule has 0 aromatic rings. The molecule has 0 bridgehead atoms. The Bertz CT molecular complexity index is 294. The Kier molecular flexibility index (Phi) is 15.8. The Morgan fingerprint density at radius 2 is 1.50 bits per heavy atom. The molecule has 0 radical (unpaired) electrons. The van der Waals surface area contributed by atoms with Gasteiger partial charge < -0.3 is 24.0 Å². The highest BCUT2D eigenvalue weighted by atomic mass is 33.1. The van der Waals surface area contributed by atoms with Crippen LogP contribution in [0.2, 0.25) is 0 Å². The second-order valence-electron chi connectivity index (χ2n) is 4.79. The van der Waals surface area contributed by atoms with Crippen LogP contribution in [0.1, 0.15) is 26.7 Å². The monoisotopic (exact) mass is 376 g/mol. The highest BCUT2D eigenvalue weighted by molar-refractivity contribution is 8.76. The molecule has 0 heterocycles. The summed E-state index contributed by atoms with van der Waals surface area (Å²) in [6, 6.07) is 0. The third-order valence-electron chi connectivity index (χ3n) is 2.51. The van der Waals surface area contributed by atoms with E-state index < -0.39 is 7.60 Å². The van der Waals surface area contributed by atoms with Gasteiger partial charge in [0.25, 0.3) is 0 Å². The molecule has 1 unspecified atom stereocenters. The molecule has 0 saturated heterocycles. The van der Waals surface area contributed by atoms with Crippen molar-refractivity contribution in [1.29, 1.82) is 0 Å². The van der Waals surface area contributed by atoms with Crippen LogP contribution in [-0.4, -0.2) is 66.8 Å². The Hall–Kier alpha value is 0.730. The zero-order chi connectivity index (χ0) is 16.7. The van der Waals surface area contributed by atoms with Gasteiger partial charge in [0.2, 0.25) is 0 Å². The molecule has 134 valence electrons. The fraction of sp³-hybridized carbons (Fsp3) is 1.00. The van der Waals surface area contributed by atoms with Crippen molar-refractivity contribution in [2.75, 3.05) is 51.1 Å². The SMILES string of the molecule is CC(C)P(=O)(O)OCCOCCCSSCCCOCCO. The van der Waals surface area contributed by atoms with Gasteiger partial charge in [0, 0.05) is 24.7 Å². The minimum atomic E-state index is -3.46. The molecule has 0 saturated carbocycles. The maximum Gasteiger partial charge on any atom is 0.330 e. The number of hydrogen-bond donors (Lipinski definition) is 2. The molecule has 22 heavy (non-hydrogen) atoms. The van der Waals surface area contributed by atoms with Crippen molar-refractivity contribution in [1.82, 2.24) is 0 Å². The lowest BCUT2D eigenvalue weighted by Gasteiger charge is -2.15.